The summed E-state index contributed by atoms with van der Waals surface area (Å²) in [6, 6.07) is 7.36. The first-order chi connectivity index (χ1) is 10.3. The van der Waals surface area contributed by atoms with Gasteiger partial charge in [0, 0.05) is 16.6 Å². The Morgan fingerprint density at radius 2 is 1.91 bits per heavy atom. The van der Waals surface area contributed by atoms with Crippen molar-refractivity contribution < 1.29 is 36.1 Å². The third kappa shape index (κ3) is 9.57. The molecule has 132 valence electrons. The van der Waals surface area contributed by atoms with E-state index in [1.54, 1.807) is 0 Å². The van der Waals surface area contributed by atoms with E-state index in [9.17, 15) is 9.90 Å². The molecule has 0 aliphatic heterocycles. The maximum atomic E-state index is 12.3. The lowest BCUT2D eigenvalue weighted by Gasteiger charge is -2.31. The number of hydrogen-bond donors (Lipinski definition) is 1. The van der Waals surface area contributed by atoms with Crippen LogP contribution in [0.25, 0.3) is 0 Å². The van der Waals surface area contributed by atoms with Gasteiger partial charge < -0.3 is 31.3 Å². The number of likely N-dealkylation sites (N-methyl/N-ethyl adjacent to an activating group) is 1. The summed E-state index contributed by atoms with van der Waals surface area (Å²) in [5.74, 6) is 0.0802. The molecule has 0 bridgehead atoms. The van der Waals surface area contributed by atoms with Gasteiger partial charge in [0.1, 0.15) is 19.2 Å². The van der Waals surface area contributed by atoms with Crippen LogP contribution in [0.1, 0.15) is 30.1 Å². The van der Waals surface area contributed by atoms with E-state index in [0.29, 0.717) is 36.3 Å². The van der Waals surface area contributed by atoms with Gasteiger partial charge in [-0.1, -0.05) is 41.4 Å². The highest BCUT2D eigenvalue weighted by molar-refractivity contribution is 9.10. The zero-order valence-electron chi connectivity index (χ0n) is 14.1. The van der Waals surface area contributed by atoms with Gasteiger partial charge >= 0.3 is 0 Å². The summed E-state index contributed by atoms with van der Waals surface area (Å²) in [7, 11) is 3.90. The third-order valence-corrected chi connectivity index (χ3v) is 3.92. The Balaban J connectivity index is 0.00000484. The van der Waals surface area contributed by atoms with Crippen molar-refractivity contribution in [3.63, 3.8) is 0 Å². The lowest BCUT2D eigenvalue weighted by Crippen LogP contribution is -3.00. The molecule has 0 amide bonds. The lowest BCUT2D eigenvalue weighted by atomic mass is 10.1. The summed E-state index contributed by atoms with van der Waals surface area (Å²) in [5.41, 5.74) is 0.697. The van der Waals surface area contributed by atoms with E-state index < -0.39 is 6.10 Å². The van der Waals surface area contributed by atoms with Crippen LogP contribution >= 0.6 is 15.9 Å². The molecule has 0 saturated carbocycles. The number of aliphatic hydroxyl groups excluding tert-OH is 1. The molecule has 0 aliphatic rings. The van der Waals surface area contributed by atoms with E-state index in [-0.39, 0.29) is 22.8 Å². The van der Waals surface area contributed by atoms with Gasteiger partial charge in [-0.3, -0.25) is 4.79 Å². The number of halogens is 2. The molecule has 0 aromatic heterocycles. The molecular formula is C17H27Br2NO3. The van der Waals surface area contributed by atoms with Crippen molar-refractivity contribution >= 4 is 21.7 Å². The first kappa shape index (κ1) is 22.7. The summed E-state index contributed by atoms with van der Waals surface area (Å²) < 4.78 is 6.83. The number of aliphatic hydroxyl groups is 1. The number of carbonyl (C=O) groups is 1. The number of rotatable bonds is 10. The highest BCUT2D eigenvalue weighted by Crippen LogP contribution is 2.12. The Morgan fingerprint density at radius 1 is 1.30 bits per heavy atom. The van der Waals surface area contributed by atoms with Crippen molar-refractivity contribution in [3.05, 3.63) is 34.3 Å². The zero-order chi connectivity index (χ0) is 16.6. The van der Waals surface area contributed by atoms with Crippen LogP contribution in [0.3, 0.4) is 0 Å². The molecule has 4 nitrogen and oxygen atoms in total. The topological polar surface area (TPSA) is 46.5 Å². The monoisotopic (exact) mass is 451 g/mol. The standard InChI is InChI=1S/C17H27BrNO3.BrH/c1-4-5-10-22-13-16(20)11-19(2,3)12-17(21)14-6-8-15(18)9-7-14;/h6-9,16,20H,4-5,10-13H2,1-3H3;1H/q+1;/p-1. The van der Waals surface area contributed by atoms with Crippen LogP contribution in [-0.4, -0.2) is 61.9 Å². The van der Waals surface area contributed by atoms with E-state index in [1.807, 2.05) is 38.4 Å². The van der Waals surface area contributed by atoms with E-state index in [0.717, 1.165) is 17.3 Å². The van der Waals surface area contributed by atoms with Gasteiger partial charge in [0.2, 0.25) is 5.78 Å². The molecule has 0 radical (unpaired) electrons. The SMILES string of the molecule is CCCCOCC(O)C[N+](C)(C)CC(=O)c1ccc(Br)cc1.[Br-]. The van der Waals surface area contributed by atoms with Crippen LogP contribution in [0.4, 0.5) is 0 Å². The van der Waals surface area contributed by atoms with Crippen LogP contribution in [0.2, 0.25) is 0 Å². The quantitative estimate of drug-likeness (QED) is 0.306. The number of ether oxygens (including phenoxy) is 1. The number of carbonyl (C=O) groups excluding carboxylic acids is 1. The number of hydrogen-bond acceptors (Lipinski definition) is 3. The number of nitrogens with zero attached hydrogens (tertiary/aromatic N) is 1. The van der Waals surface area contributed by atoms with Crippen molar-refractivity contribution in [3.8, 4) is 0 Å². The Morgan fingerprint density at radius 3 is 2.48 bits per heavy atom. The van der Waals surface area contributed by atoms with Crippen molar-refractivity contribution in [2.24, 2.45) is 0 Å². The third-order valence-electron chi connectivity index (χ3n) is 3.40. The second-order valence-corrected chi connectivity index (χ2v) is 7.20. The van der Waals surface area contributed by atoms with E-state index in [1.165, 1.54) is 0 Å². The molecule has 1 N–H and O–H groups in total. The predicted molar refractivity (Wildman–Crippen MR) is 92.0 cm³/mol. The smallest absolute Gasteiger partial charge is 0.216 e. The molecule has 0 heterocycles. The largest absolute Gasteiger partial charge is 1.00 e. The number of unbranched alkanes of at least 4 members (excludes halogenated alkanes) is 1. The van der Waals surface area contributed by atoms with Crippen molar-refractivity contribution in [2.75, 3.05) is 40.4 Å². The van der Waals surface area contributed by atoms with Crippen LogP contribution in [0, 0.1) is 0 Å². The van der Waals surface area contributed by atoms with Gasteiger partial charge in [0.05, 0.1) is 20.7 Å². The second kappa shape index (κ2) is 11.3. The van der Waals surface area contributed by atoms with Crippen molar-refractivity contribution in [1.29, 1.82) is 0 Å². The summed E-state index contributed by atoms with van der Waals surface area (Å²) in [6.45, 7) is 3.96. The molecule has 0 aliphatic carbocycles. The molecule has 1 unspecified atom stereocenters. The van der Waals surface area contributed by atoms with E-state index >= 15 is 0 Å². The Labute approximate surface area is 158 Å². The maximum Gasteiger partial charge on any atom is 0.216 e. The molecular weight excluding hydrogens is 426 g/mol. The fourth-order valence-electron chi connectivity index (χ4n) is 2.27. The molecule has 0 fully saturated rings. The van der Waals surface area contributed by atoms with E-state index in [2.05, 4.69) is 22.9 Å². The molecule has 6 heteroatoms. The average molecular weight is 453 g/mol. The number of benzene rings is 1. The first-order valence-corrected chi connectivity index (χ1v) is 8.50. The van der Waals surface area contributed by atoms with Gasteiger partial charge in [0.15, 0.2) is 0 Å². The fourth-order valence-corrected chi connectivity index (χ4v) is 2.53. The van der Waals surface area contributed by atoms with Crippen molar-refractivity contribution in [1.82, 2.24) is 0 Å². The van der Waals surface area contributed by atoms with Crippen LogP contribution in [0.15, 0.2) is 28.7 Å². The maximum absolute atomic E-state index is 12.3. The minimum atomic E-state index is -0.551. The summed E-state index contributed by atoms with van der Waals surface area (Å²) in [6.07, 6.45) is 1.54. The number of Topliss-reactive ketones (excluding diaryl/α,β-unsaturated/α-hetero) is 1. The highest BCUT2D eigenvalue weighted by Gasteiger charge is 2.24. The van der Waals surface area contributed by atoms with Crippen LogP contribution < -0.4 is 17.0 Å². The number of quaternary nitrogens is 1. The number of ketones is 1. The summed E-state index contributed by atoms with van der Waals surface area (Å²) >= 11 is 3.36. The average Bonchev–Trinajstić information content (AvgIpc) is 2.43. The molecule has 23 heavy (non-hydrogen) atoms. The fraction of sp³-hybridized carbons (Fsp3) is 0.588. The zero-order valence-corrected chi connectivity index (χ0v) is 17.3. The van der Waals surface area contributed by atoms with E-state index in [4.69, 9.17) is 4.74 Å². The normalized spacial score (nSPS) is 12.6. The second-order valence-electron chi connectivity index (χ2n) is 6.29. The lowest BCUT2D eigenvalue weighted by molar-refractivity contribution is -0.885. The molecule has 0 spiro atoms. The molecule has 1 aromatic carbocycles. The molecule has 0 saturated heterocycles. The van der Waals surface area contributed by atoms with Gasteiger partial charge in [-0.25, -0.2) is 0 Å². The minimum Gasteiger partial charge on any atom is -1.00 e. The summed E-state index contributed by atoms with van der Waals surface area (Å²) in [5, 5.41) is 10.0. The Bertz CT molecular complexity index is 463. The Hall–Kier alpha value is -0.270. The predicted octanol–water partition coefficient (Wildman–Crippen LogP) is -0.110. The first-order valence-electron chi connectivity index (χ1n) is 7.70. The molecule has 1 aromatic rings. The molecule has 1 atom stereocenters. The van der Waals surface area contributed by atoms with Crippen LogP contribution in [-0.2, 0) is 4.74 Å². The highest BCUT2D eigenvalue weighted by atomic mass is 79.9. The van der Waals surface area contributed by atoms with Gasteiger partial charge in [0.25, 0.3) is 0 Å². The minimum absolute atomic E-state index is 0. The Kier molecular flexibility index (Phi) is 11.2. The van der Waals surface area contributed by atoms with Gasteiger partial charge in [-0.05, 0) is 18.6 Å². The van der Waals surface area contributed by atoms with Crippen molar-refractivity contribution in [2.45, 2.75) is 25.9 Å². The van der Waals surface area contributed by atoms with Crippen LogP contribution in [0.5, 0.6) is 0 Å². The summed E-state index contributed by atoms with van der Waals surface area (Å²) in [4.78, 5) is 12.3. The molecule has 1 rings (SSSR count). The van der Waals surface area contributed by atoms with Gasteiger partial charge in [-0.2, -0.15) is 0 Å². The van der Waals surface area contributed by atoms with Gasteiger partial charge in [-0.15, -0.1) is 0 Å².